The molecule has 0 aliphatic rings. The number of carbonyl (C=O) groups excluding carboxylic acids is 1. The van der Waals surface area contributed by atoms with E-state index in [2.05, 4.69) is 20.8 Å². The van der Waals surface area contributed by atoms with E-state index in [0.717, 1.165) is 11.3 Å². The number of nitrogens with zero attached hydrogens (tertiary/aromatic N) is 4. The van der Waals surface area contributed by atoms with E-state index in [0.29, 0.717) is 16.5 Å². The smallest absolute Gasteiger partial charge is 0.262 e. The zero-order chi connectivity index (χ0) is 16.9. The molecule has 0 spiro atoms. The quantitative estimate of drug-likeness (QED) is 0.770. The number of rotatable bonds is 5. The van der Waals surface area contributed by atoms with E-state index in [4.69, 9.17) is 16.3 Å². The van der Waals surface area contributed by atoms with E-state index >= 15 is 0 Å². The maximum Gasteiger partial charge on any atom is 0.262 e. The van der Waals surface area contributed by atoms with Gasteiger partial charge in [-0.1, -0.05) is 17.7 Å². The highest BCUT2D eigenvalue weighted by Gasteiger charge is 2.06. The van der Waals surface area contributed by atoms with E-state index < -0.39 is 0 Å². The van der Waals surface area contributed by atoms with Crippen LogP contribution in [0, 0.1) is 6.92 Å². The third-order valence-electron chi connectivity index (χ3n) is 3.24. The standard InChI is InChI=1S/C16H14ClN5O2/c1-11-7-12(5-6-15(11)17)19-16(23)9-24-14-4-2-3-13(8-14)22-10-18-20-21-22/h2-8,10H,9H2,1H3,(H,19,23). The molecule has 0 atom stereocenters. The number of hydrogen-bond donors (Lipinski definition) is 1. The molecule has 3 aromatic rings. The summed E-state index contributed by atoms with van der Waals surface area (Å²) in [4.78, 5) is 12.0. The minimum Gasteiger partial charge on any atom is -0.484 e. The summed E-state index contributed by atoms with van der Waals surface area (Å²) in [6, 6.07) is 12.4. The van der Waals surface area contributed by atoms with Crippen LogP contribution in [0.1, 0.15) is 5.56 Å². The van der Waals surface area contributed by atoms with Crippen molar-refractivity contribution in [2.75, 3.05) is 11.9 Å². The molecular weight excluding hydrogens is 330 g/mol. The van der Waals surface area contributed by atoms with Crippen molar-refractivity contribution in [3.05, 3.63) is 59.4 Å². The second-order valence-electron chi connectivity index (χ2n) is 5.05. The summed E-state index contributed by atoms with van der Waals surface area (Å²) in [7, 11) is 0. The fourth-order valence-electron chi connectivity index (χ4n) is 2.06. The predicted octanol–water partition coefficient (Wildman–Crippen LogP) is 2.64. The molecule has 0 unspecified atom stereocenters. The Bertz CT molecular complexity index is 851. The summed E-state index contributed by atoms with van der Waals surface area (Å²) in [6.45, 7) is 1.76. The highest BCUT2D eigenvalue weighted by molar-refractivity contribution is 6.31. The first-order valence-electron chi connectivity index (χ1n) is 7.14. The van der Waals surface area contributed by atoms with Crippen molar-refractivity contribution in [3.63, 3.8) is 0 Å². The molecule has 8 heteroatoms. The first-order chi connectivity index (χ1) is 11.6. The third kappa shape index (κ3) is 3.88. The zero-order valence-corrected chi connectivity index (χ0v) is 13.6. The average molecular weight is 344 g/mol. The lowest BCUT2D eigenvalue weighted by Crippen LogP contribution is -2.20. The van der Waals surface area contributed by atoms with Crippen molar-refractivity contribution < 1.29 is 9.53 Å². The number of tetrazole rings is 1. The van der Waals surface area contributed by atoms with Crippen LogP contribution < -0.4 is 10.1 Å². The number of benzene rings is 2. The first kappa shape index (κ1) is 15.9. The van der Waals surface area contributed by atoms with Crippen LogP contribution in [-0.2, 0) is 4.79 Å². The summed E-state index contributed by atoms with van der Waals surface area (Å²) >= 11 is 5.96. The Hall–Kier alpha value is -2.93. The molecule has 2 aromatic carbocycles. The van der Waals surface area contributed by atoms with Gasteiger partial charge in [-0.3, -0.25) is 4.79 Å². The van der Waals surface area contributed by atoms with Crippen molar-refractivity contribution in [2.45, 2.75) is 6.92 Å². The van der Waals surface area contributed by atoms with Gasteiger partial charge in [-0.2, -0.15) is 0 Å². The maximum absolute atomic E-state index is 12.0. The minimum absolute atomic E-state index is 0.110. The lowest BCUT2D eigenvalue weighted by atomic mass is 10.2. The maximum atomic E-state index is 12.0. The molecule has 0 saturated heterocycles. The minimum atomic E-state index is -0.260. The molecule has 7 nitrogen and oxygen atoms in total. The molecule has 24 heavy (non-hydrogen) atoms. The summed E-state index contributed by atoms with van der Waals surface area (Å²) in [5.74, 6) is 0.287. The van der Waals surface area contributed by atoms with Crippen LogP contribution in [0.4, 0.5) is 5.69 Å². The Morgan fingerprint density at radius 1 is 1.29 bits per heavy atom. The molecule has 0 saturated carbocycles. The molecule has 122 valence electrons. The molecule has 0 aliphatic heterocycles. The van der Waals surface area contributed by atoms with Crippen molar-refractivity contribution in [2.24, 2.45) is 0 Å². The second kappa shape index (κ2) is 7.10. The van der Waals surface area contributed by atoms with Crippen LogP contribution in [0.5, 0.6) is 5.75 Å². The number of carbonyl (C=O) groups is 1. The molecule has 1 aromatic heterocycles. The Morgan fingerprint density at radius 3 is 2.92 bits per heavy atom. The van der Waals surface area contributed by atoms with Gasteiger partial charge in [0.25, 0.3) is 5.91 Å². The summed E-state index contributed by atoms with van der Waals surface area (Å²) in [5.41, 5.74) is 2.31. The number of amides is 1. The first-order valence-corrected chi connectivity index (χ1v) is 7.52. The fourth-order valence-corrected chi connectivity index (χ4v) is 2.18. The van der Waals surface area contributed by atoms with Crippen LogP contribution in [-0.4, -0.2) is 32.7 Å². The van der Waals surface area contributed by atoms with Gasteiger partial charge in [0, 0.05) is 16.8 Å². The monoisotopic (exact) mass is 343 g/mol. The predicted molar refractivity (Wildman–Crippen MR) is 89.5 cm³/mol. The lowest BCUT2D eigenvalue weighted by Gasteiger charge is -2.09. The zero-order valence-electron chi connectivity index (χ0n) is 12.8. The molecular formula is C16H14ClN5O2. The molecule has 3 rings (SSSR count). The van der Waals surface area contributed by atoms with Gasteiger partial charge in [0.15, 0.2) is 6.61 Å². The van der Waals surface area contributed by atoms with Crippen LogP contribution in [0.25, 0.3) is 5.69 Å². The van der Waals surface area contributed by atoms with Crippen LogP contribution >= 0.6 is 11.6 Å². The number of nitrogens with one attached hydrogen (secondary N) is 1. The molecule has 1 N–H and O–H groups in total. The normalized spacial score (nSPS) is 10.4. The number of ether oxygens (including phenoxy) is 1. The molecule has 1 heterocycles. The third-order valence-corrected chi connectivity index (χ3v) is 3.67. The van der Waals surface area contributed by atoms with Crippen molar-refractivity contribution in [1.82, 2.24) is 20.2 Å². The van der Waals surface area contributed by atoms with Crippen molar-refractivity contribution >= 4 is 23.2 Å². The molecule has 1 amide bonds. The molecule has 0 radical (unpaired) electrons. The molecule has 0 bridgehead atoms. The van der Waals surface area contributed by atoms with Crippen LogP contribution in [0.2, 0.25) is 5.02 Å². The number of aromatic nitrogens is 4. The Kier molecular flexibility index (Phi) is 4.72. The van der Waals surface area contributed by atoms with Crippen molar-refractivity contribution in [3.8, 4) is 11.4 Å². The summed E-state index contributed by atoms with van der Waals surface area (Å²) in [5, 5.41) is 14.4. The number of hydrogen-bond acceptors (Lipinski definition) is 5. The second-order valence-corrected chi connectivity index (χ2v) is 5.46. The molecule has 0 fully saturated rings. The van der Waals surface area contributed by atoms with Gasteiger partial charge in [-0.25, -0.2) is 4.68 Å². The highest BCUT2D eigenvalue weighted by Crippen LogP contribution is 2.19. The largest absolute Gasteiger partial charge is 0.484 e. The van der Waals surface area contributed by atoms with Gasteiger partial charge in [-0.05, 0) is 53.2 Å². The summed E-state index contributed by atoms with van der Waals surface area (Å²) < 4.78 is 7.02. The van der Waals surface area contributed by atoms with Gasteiger partial charge in [0.05, 0.1) is 5.69 Å². The van der Waals surface area contributed by atoms with E-state index in [1.165, 1.54) is 11.0 Å². The van der Waals surface area contributed by atoms with Gasteiger partial charge >= 0.3 is 0 Å². The Balaban J connectivity index is 1.60. The highest BCUT2D eigenvalue weighted by atomic mass is 35.5. The Morgan fingerprint density at radius 2 is 2.17 bits per heavy atom. The van der Waals surface area contributed by atoms with E-state index in [1.54, 1.807) is 36.4 Å². The lowest BCUT2D eigenvalue weighted by molar-refractivity contribution is -0.118. The van der Waals surface area contributed by atoms with Crippen LogP contribution in [0.3, 0.4) is 0 Å². The van der Waals surface area contributed by atoms with Crippen molar-refractivity contribution in [1.29, 1.82) is 0 Å². The SMILES string of the molecule is Cc1cc(NC(=O)COc2cccc(-n3cnnn3)c2)ccc1Cl. The van der Waals surface area contributed by atoms with Gasteiger partial charge in [0.2, 0.25) is 0 Å². The van der Waals surface area contributed by atoms with Crippen LogP contribution in [0.15, 0.2) is 48.8 Å². The topological polar surface area (TPSA) is 81.9 Å². The van der Waals surface area contributed by atoms with Gasteiger partial charge in [0.1, 0.15) is 12.1 Å². The average Bonchev–Trinajstić information content (AvgIpc) is 3.11. The van der Waals surface area contributed by atoms with Gasteiger partial charge < -0.3 is 10.1 Å². The van der Waals surface area contributed by atoms with E-state index in [-0.39, 0.29) is 12.5 Å². The summed E-state index contributed by atoms with van der Waals surface area (Å²) in [6.07, 6.45) is 1.48. The fraction of sp³-hybridized carbons (Fsp3) is 0.125. The number of aryl methyl sites for hydroxylation is 1. The number of halogens is 1. The number of anilines is 1. The molecule has 0 aliphatic carbocycles. The van der Waals surface area contributed by atoms with Gasteiger partial charge in [-0.15, -0.1) is 5.10 Å². The Labute approximate surface area is 143 Å². The van der Waals surface area contributed by atoms with E-state index in [1.807, 2.05) is 13.0 Å². The van der Waals surface area contributed by atoms with E-state index in [9.17, 15) is 4.79 Å².